The SMILES string of the molecule is C[C@H](Oc1cc(-n2nc3n(c2=O)CCCC3)c(F)cc1C(=O)Nc1ccccc1C(F)(F)F)C(F)(F)F. The number of halogens is 7. The van der Waals surface area contributed by atoms with Gasteiger partial charge < -0.3 is 10.1 Å². The number of nitrogens with zero attached hydrogens (tertiary/aromatic N) is 3. The van der Waals surface area contributed by atoms with Gasteiger partial charge in [0.2, 0.25) is 0 Å². The summed E-state index contributed by atoms with van der Waals surface area (Å²) in [6.07, 6.45) is -10.4. The van der Waals surface area contributed by atoms with E-state index < -0.39 is 64.1 Å². The third-order valence-corrected chi connectivity index (χ3v) is 5.74. The molecule has 0 aliphatic carbocycles. The van der Waals surface area contributed by atoms with Gasteiger partial charge in [0.1, 0.15) is 23.1 Å². The maximum Gasteiger partial charge on any atom is 0.425 e. The van der Waals surface area contributed by atoms with E-state index in [0.717, 1.165) is 18.6 Å². The van der Waals surface area contributed by atoms with Crippen LogP contribution in [0.15, 0.2) is 41.2 Å². The van der Waals surface area contributed by atoms with E-state index in [0.29, 0.717) is 55.0 Å². The molecule has 0 radical (unpaired) electrons. The molecule has 4 rings (SSSR count). The van der Waals surface area contributed by atoms with Crippen LogP contribution in [-0.2, 0) is 19.1 Å². The molecule has 0 unspecified atom stereocenters. The molecule has 1 N–H and O–H groups in total. The van der Waals surface area contributed by atoms with Gasteiger partial charge >= 0.3 is 18.0 Å². The van der Waals surface area contributed by atoms with Crippen LogP contribution in [0.1, 0.15) is 41.5 Å². The summed E-state index contributed by atoms with van der Waals surface area (Å²) in [5.74, 6) is -3.03. The number of para-hydroxylation sites is 1. The van der Waals surface area contributed by atoms with Crippen LogP contribution in [0.25, 0.3) is 5.69 Å². The first-order valence-corrected chi connectivity index (χ1v) is 11.0. The summed E-state index contributed by atoms with van der Waals surface area (Å²) in [5, 5.41) is 6.00. The molecule has 1 atom stereocenters. The Labute approximate surface area is 204 Å². The highest BCUT2D eigenvalue weighted by atomic mass is 19.4. The highest BCUT2D eigenvalue weighted by Crippen LogP contribution is 2.36. The Kier molecular flexibility index (Phi) is 6.78. The van der Waals surface area contributed by atoms with Crippen molar-refractivity contribution in [2.45, 2.75) is 51.2 Å². The second-order valence-corrected chi connectivity index (χ2v) is 8.32. The zero-order chi connectivity index (χ0) is 27.1. The summed E-state index contributed by atoms with van der Waals surface area (Å²) in [6, 6.07) is 5.08. The zero-order valence-electron chi connectivity index (χ0n) is 19.1. The molecule has 198 valence electrons. The first kappa shape index (κ1) is 26.2. The van der Waals surface area contributed by atoms with Gasteiger partial charge in [0.05, 0.1) is 16.8 Å². The van der Waals surface area contributed by atoms with Gasteiger partial charge in [0, 0.05) is 19.0 Å². The summed E-state index contributed by atoms with van der Waals surface area (Å²) in [7, 11) is 0. The fraction of sp³-hybridized carbons (Fsp3) is 0.348. The van der Waals surface area contributed by atoms with Gasteiger partial charge in [-0.15, -0.1) is 5.10 Å². The van der Waals surface area contributed by atoms with Crippen LogP contribution in [0.5, 0.6) is 5.75 Å². The maximum atomic E-state index is 15.2. The number of carbonyl (C=O) groups excluding carboxylic acids is 1. The van der Waals surface area contributed by atoms with E-state index in [-0.39, 0.29) is 0 Å². The minimum Gasteiger partial charge on any atom is -0.480 e. The van der Waals surface area contributed by atoms with Crippen molar-refractivity contribution in [3.63, 3.8) is 0 Å². The van der Waals surface area contributed by atoms with E-state index >= 15 is 4.39 Å². The molecule has 1 amide bonds. The lowest BCUT2D eigenvalue weighted by atomic mass is 10.1. The van der Waals surface area contributed by atoms with Crippen LogP contribution < -0.4 is 15.7 Å². The fourth-order valence-electron chi connectivity index (χ4n) is 3.82. The molecule has 14 heteroatoms. The van der Waals surface area contributed by atoms with E-state index in [2.05, 4.69) is 5.10 Å². The lowest BCUT2D eigenvalue weighted by Gasteiger charge is -2.21. The van der Waals surface area contributed by atoms with Crippen LogP contribution in [0.2, 0.25) is 0 Å². The number of aromatic nitrogens is 3. The lowest BCUT2D eigenvalue weighted by Crippen LogP contribution is -2.32. The predicted octanol–water partition coefficient (Wildman–Crippen LogP) is 5.11. The molecule has 7 nitrogen and oxygen atoms in total. The van der Waals surface area contributed by atoms with Crippen molar-refractivity contribution in [1.82, 2.24) is 14.3 Å². The van der Waals surface area contributed by atoms with Crippen molar-refractivity contribution in [2.75, 3.05) is 5.32 Å². The van der Waals surface area contributed by atoms with Gasteiger partial charge in [-0.1, -0.05) is 12.1 Å². The highest BCUT2D eigenvalue weighted by molar-refractivity contribution is 6.06. The van der Waals surface area contributed by atoms with Crippen molar-refractivity contribution in [1.29, 1.82) is 0 Å². The lowest BCUT2D eigenvalue weighted by molar-refractivity contribution is -0.189. The number of fused-ring (bicyclic) bond motifs is 1. The number of rotatable bonds is 5. The van der Waals surface area contributed by atoms with Gasteiger partial charge in [-0.25, -0.2) is 9.18 Å². The van der Waals surface area contributed by atoms with Gasteiger partial charge in [0.15, 0.2) is 6.10 Å². The summed E-state index contributed by atoms with van der Waals surface area (Å²) in [4.78, 5) is 25.6. The number of amides is 1. The smallest absolute Gasteiger partial charge is 0.425 e. The van der Waals surface area contributed by atoms with E-state index in [1.54, 1.807) is 0 Å². The van der Waals surface area contributed by atoms with Crippen molar-refractivity contribution in [3.05, 3.63) is 69.7 Å². The molecule has 1 aliphatic heterocycles. The molecule has 0 saturated carbocycles. The van der Waals surface area contributed by atoms with Crippen molar-refractivity contribution >= 4 is 11.6 Å². The number of carbonyl (C=O) groups is 1. The fourth-order valence-corrected chi connectivity index (χ4v) is 3.82. The Morgan fingerprint density at radius 3 is 2.46 bits per heavy atom. The van der Waals surface area contributed by atoms with Crippen molar-refractivity contribution in [2.24, 2.45) is 0 Å². The van der Waals surface area contributed by atoms with Gasteiger partial charge in [-0.3, -0.25) is 9.36 Å². The Morgan fingerprint density at radius 1 is 1.11 bits per heavy atom. The molecular weight excluding hydrogens is 513 g/mol. The number of benzene rings is 2. The minimum absolute atomic E-state index is 0.323. The number of ether oxygens (including phenoxy) is 1. The van der Waals surface area contributed by atoms with Crippen LogP contribution in [-0.4, -0.2) is 32.5 Å². The van der Waals surface area contributed by atoms with Crippen LogP contribution in [0, 0.1) is 5.82 Å². The zero-order valence-corrected chi connectivity index (χ0v) is 19.1. The van der Waals surface area contributed by atoms with Crippen molar-refractivity contribution < 1.29 is 40.3 Å². The van der Waals surface area contributed by atoms with Gasteiger partial charge in [-0.05, 0) is 38.0 Å². The number of aryl methyl sites for hydroxylation is 1. The molecule has 1 aromatic heterocycles. The number of alkyl halides is 6. The molecular formula is C23H19F7N4O3. The molecule has 2 heterocycles. The Bertz CT molecular complexity index is 1390. The summed E-state index contributed by atoms with van der Waals surface area (Å²) in [5.41, 5.74) is -4.05. The monoisotopic (exact) mass is 532 g/mol. The number of hydrogen-bond donors (Lipinski definition) is 1. The first-order chi connectivity index (χ1) is 17.3. The summed E-state index contributed by atoms with van der Waals surface area (Å²) < 4.78 is 102. The Hall–Kier alpha value is -3.84. The third kappa shape index (κ3) is 5.32. The second-order valence-electron chi connectivity index (χ2n) is 8.32. The average molecular weight is 532 g/mol. The molecule has 0 saturated heterocycles. The molecule has 0 fully saturated rings. The number of anilines is 1. The van der Waals surface area contributed by atoms with Gasteiger partial charge in [-0.2, -0.15) is 31.0 Å². The second kappa shape index (κ2) is 9.56. The third-order valence-electron chi connectivity index (χ3n) is 5.74. The molecule has 0 bridgehead atoms. The van der Waals surface area contributed by atoms with Crippen molar-refractivity contribution in [3.8, 4) is 11.4 Å². The molecule has 1 aliphatic rings. The van der Waals surface area contributed by atoms with Crippen LogP contribution >= 0.6 is 0 Å². The standard InChI is InChI=1S/C23H19F7N4O3/c1-12(22(25,26)27)37-18-11-17(34-21(36)33-9-5-4-8-19(33)32-34)15(24)10-13(18)20(35)31-16-7-3-2-6-14(16)23(28,29)30/h2-3,6-7,10-12H,4-5,8-9H2,1H3,(H,31,35)/t12-/m0/s1. The number of nitrogens with one attached hydrogen (secondary N) is 1. The largest absolute Gasteiger partial charge is 0.480 e. The summed E-state index contributed by atoms with van der Waals surface area (Å²) in [6.45, 7) is 0.953. The minimum atomic E-state index is -4.89. The van der Waals surface area contributed by atoms with E-state index in [4.69, 9.17) is 4.74 Å². The molecule has 0 spiro atoms. The predicted molar refractivity (Wildman–Crippen MR) is 116 cm³/mol. The topological polar surface area (TPSA) is 78.2 Å². The van der Waals surface area contributed by atoms with E-state index in [1.807, 2.05) is 5.32 Å². The average Bonchev–Trinajstić information content (AvgIpc) is 3.15. The summed E-state index contributed by atoms with van der Waals surface area (Å²) >= 11 is 0. The normalized spacial score (nSPS) is 14.7. The van der Waals surface area contributed by atoms with Crippen LogP contribution in [0.4, 0.5) is 36.4 Å². The van der Waals surface area contributed by atoms with E-state index in [9.17, 15) is 35.9 Å². The molecule has 37 heavy (non-hydrogen) atoms. The molecule has 3 aromatic rings. The Morgan fingerprint density at radius 2 is 1.81 bits per heavy atom. The highest BCUT2D eigenvalue weighted by Gasteiger charge is 2.39. The molecule has 2 aromatic carbocycles. The van der Waals surface area contributed by atoms with E-state index in [1.165, 1.54) is 10.6 Å². The van der Waals surface area contributed by atoms with Crippen LogP contribution in [0.3, 0.4) is 0 Å². The van der Waals surface area contributed by atoms with Gasteiger partial charge in [0.25, 0.3) is 5.91 Å². The number of hydrogen-bond acceptors (Lipinski definition) is 4. The quantitative estimate of drug-likeness (QED) is 0.464. The first-order valence-electron chi connectivity index (χ1n) is 11.0. The Balaban J connectivity index is 1.80. The maximum absolute atomic E-state index is 15.2.